The largest absolute Gasteiger partial charge is 0.447 e. The third-order valence-corrected chi connectivity index (χ3v) is 6.81. The molecule has 0 aromatic heterocycles. The number of benzene rings is 1. The van der Waals surface area contributed by atoms with Crippen LogP contribution in [0.15, 0.2) is 18.2 Å². The summed E-state index contributed by atoms with van der Waals surface area (Å²) < 4.78 is 18.7. The van der Waals surface area contributed by atoms with Gasteiger partial charge < -0.3 is 15.0 Å². The molecule has 5 rings (SSSR count). The van der Waals surface area contributed by atoms with Gasteiger partial charge in [-0.25, -0.2) is 9.18 Å². The number of amides is 2. The average Bonchev–Trinajstić information content (AvgIpc) is 2.95. The van der Waals surface area contributed by atoms with Crippen molar-refractivity contribution in [1.29, 1.82) is 0 Å². The number of piperidine rings is 1. The summed E-state index contributed by atoms with van der Waals surface area (Å²) in [5.74, 6) is 1.60. The highest BCUT2D eigenvalue weighted by atomic mass is 19.1. The highest BCUT2D eigenvalue weighted by molar-refractivity contribution is 5.82. The SMILES string of the molecule is CCc1cc([C@@H]2[C@@H]3CN(C(=O)C4CC5(COC(=O)N5)C4)C[C@@H]32)ccc1F. The second kappa shape index (κ2) is 5.44. The van der Waals surface area contributed by atoms with Gasteiger partial charge in [0.25, 0.3) is 0 Å². The Kier molecular flexibility index (Phi) is 3.37. The van der Waals surface area contributed by atoms with Gasteiger partial charge in [-0.15, -0.1) is 0 Å². The highest BCUT2D eigenvalue weighted by Crippen LogP contribution is 2.59. The standard InChI is InChI=1S/C20H23FN2O3/c1-2-11-5-12(3-4-16(11)21)17-14-8-23(9-15(14)17)18(24)13-6-20(7-13)10-26-19(25)22-20/h3-5,13-15,17H,2,6-10H2,1H3,(H,22,25)/t13?,14-,15+,17-,20?. The molecule has 6 heteroatoms. The number of aryl methyl sites for hydroxylation is 1. The van der Waals surface area contributed by atoms with E-state index in [-0.39, 0.29) is 29.3 Å². The van der Waals surface area contributed by atoms with Crippen molar-refractivity contribution < 1.29 is 18.7 Å². The Morgan fingerprint density at radius 2 is 2.08 bits per heavy atom. The topological polar surface area (TPSA) is 58.6 Å². The van der Waals surface area contributed by atoms with Crippen LogP contribution < -0.4 is 5.32 Å². The van der Waals surface area contributed by atoms with E-state index >= 15 is 0 Å². The molecule has 2 aliphatic carbocycles. The van der Waals surface area contributed by atoms with Gasteiger partial charge in [0.2, 0.25) is 5.91 Å². The summed E-state index contributed by atoms with van der Waals surface area (Å²) in [6.45, 7) is 3.96. The van der Waals surface area contributed by atoms with Gasteiger partial charge in [0, 0.05) is 19.0 Å². The number of alkyl carbamates (subject to hydrolysis) is 1. The number of nitrogens with zero attached hydrogens (tertiary/aromatic N) is 1. The van der Waals surface area contributed by atoms with E-state index < -0.39 is 0 Å². The van der Waals surface area contributed by atoms with Crippen molar-refractivity contribution >= 4 is 12.0 Å². The molecule has 0 radical (unpaired) electrons. The number of carbonyl (C=O) groups excluding carboxylic acids is 2. The molecular weight excluding hydrogens is 335 g/mol. The van der Waals surface area contributed by atoms with Gasteiger partial charge in [0.05, 0.1) is 5.54 Å². The number of cyclic esters (lactones) is 1. The lowest BCUT2D eigenvalue weighted by atomic mass is 9.68. The van der Waals surface area contributed by atoms with Crippen LogP contribution in [0.25, 0.3) is 0 Å². The van der Waals surface area contributed by atoms with E-state index in [1.165, 1.54) is 5.56 Å². The number of likely N-dealkylation sites (tertiary alicyclic amines) is 1. The molecule has 1 aromatic carbocycles. The maximum atomic E-state index is 13.7. The van der Waals surface area contributed by atoms with E-state index in [9.17, 15) is 14.0 Å². The van der Waals surface area contributed by atoms with Gasteiger partial charge in [-0.3, -0.25) is 4.79 Å². The van der Waals surface area contributed by atoms with Crippen molar-refractivity contribution in [2.75, 3.05) is 19.7 Å². The van der Waals surface area contributed by atoms with E-state index in [1.807, 2.05) is 24.0 Å². The summed E-state index contributed by atoms with van der Waals surface area (Å²) >= 11 is 0. The van der Waals surface area contributed by atoms with Crippen LogP contribution in [0.1, 0.15) is 36.8 Å². The van der Waals surface area contributed by atoms with Crippen molar-refractivity contribution in [3.63, 3.8) is 0 Å². The minimum atomic E-state index is -0.369. The van der Waals surface area contributed by atoms with Crippen LogP contribution in [0, 0.1) is 23.6 Å². The van der Waals surface area contributed by atoms with Crippen LogP contribution >= 0.6 is 0 Å². The minimum Gasteiger partial charge on any atom is -0.447 e. The van der Waals surface area contributed by atoms with Crippen molar-refractivity contribution in [3.8, 4) is 0 Å². The number of hydrogen-bond acceptors (Lipinski definition) is 3. The zero-order valence-electron chi connectivity index (χ0n) is 14.8. The number of nitrogens with one attached hydrogen (secondary N) is 1. The van der Waals surface area contributed by atoms with Crippen molar-refractivity contribution in [2.45, 2.75) is 37.6 Å². The molecule has 3 atom stereocenters. The lowest BCUT2D eigenvalue weighted by Gasteiger charge is -2.43. The van der Waals surface area contributed by atoms with E-state index in [1.54, 1.807) is 6.07 Å². The van der Waals surface area contributed by atoms with Crippen LogP contribution in [0.5, 0.6) is 0 Å². The van der Waals surface area contributed by atoms with Gasteiger partial charge in [0.15, 0.2) is 0 Å². The zero-order chi connectivity index (χ0) is 18.1. The van der Waals surface area contributed by atoms with Crippen LogP contribution in [-0.4, -0.2) is 42.1 Å². The molecular formula is C20H23FN2O3. The fourth-order valence-electron chi connectivity index (χ4n) is 5.30. The number of ether oxygens (including phenoxy) is 1. The van der Waals surface area contributed by atoms with Gasteiger partial charge in [0.1, 0.15) is 12.4 Å². The van der Waals surface area contributed by atoms with Gasteiger partial charge in [-0.05, 0) is 54.2 Å². The second-order valence-electron chi connectivity index (χ2n) is 8.39. The first kappa shape index (κ1) is 16.1. The van der Waals surface area contributed by atoms with Gasteiger partial charge in [-0.2, -0.15) is 0 Å². The summed E-state index contributed by atoms with van der Waals surface area (Å²) in [5, 5.41) is 2.84. The molecule has 0 bridgehead atoms. The Bertz CT molecular complexity index is 777. The molecule has 26 heavy (non-hydrogen) atoms. The summed E-state index contributed by atoms with van der Waals surface area (Å²) in [4.78, 5) is 25.9. The summed E-state index contributed by atoms with van der Waals surface area (Å²) in [5.41, 5.74) is 1.70. The molecule has 2 saturated heterocycles. The molecule has 4 aliphatic rings. The van der Waals surface area contributed by atoms with Crippen molar-refractivity contribution in [2.24, 2.45) is 17.8 Å². The molecule has 1 spiro atoms. The Labute approximate surface area is 151 Å². The molecule has 1 aromatic rings. The molecule has 5 nitrogen and oxygen atoms in total. The van der Waals surface area contributed by atoms with Gasteiger partial charge >= 0.3 is 6.09 Å². The molecule has 138 valence electrons. The average molecular weight is 358 g/mol. The Hall–Kier alpha value is -2.11. The lowest BCUT2D eigenvalue weighted by molar-refractivity contribution is -0.140. The fourth-order valence-corrected chi connectivity index (χ4v) is 5.30. The van der Waals surface area contributed by atoms with Crippen molar-refractivity contribution in [3.05, 3.63) is 35.1 Å². The Balaban J connectivity index is 1.18. The number of carbonyl (C=O) groups is 2. The van der Waals surface area contributed by atoms with E-state index in [0.29, 0.717) is 43.6 Å². The first-order valence-electron chi connectivity index (χ1n) is 9.52. The predicted molar refractivity (Wildman–Crippen MR) is 92.0 cm³/mol. The maximum Gasteiger partial charge on any atom is 0.407 e. The third kappa shape index (κ3) is 2.34. The van der Waals surface area contributed by atoms with Crippen LogP contribution in [-0.2, 0) is 16.0 Å². The minimum absolute atomic E-state index is 0.00506. The predicted octanol–water partition coefficient (Wildman–Crippen LogP) is 2.45. The van der Waals surface area contributed by atoms with E-state index in [2.05, 4.69) is 5.32 Å². The monoisotopic (exact) mass is 358 g/mol. The second-order valence-corrected chi connectivity index (χ2v) is 8.39. The fraction of sp³-hybridized carbons (Fsp3) is 0.600. The van der Waals surface area contributed by atoms with Crippen LogP contribution in [0.4, 0.5) is 9.18 Å². The Morgan fingerprint density at radius 3 is 2.69 bits per heavy atom. The highest BCUT2D eigenvalue weighted by Gasteiger charge is 2.59. The van der Waals surface area contributed by atoms with E-state index in [4.69, 9.17) is 4.74 Å². The van der Waals surface area contributed by atoms with Gasteiger partial charge in [-0.1, -0.05) is 19.1 Å². The summed E-state index contributed by atoms with van der Waals surface area (Å²) in [7, 11) is 0. The number of rotatable bonds is 3. The Morgan fingerprint density at radius 1 is 1.35 bits per heavy atom. The summed E-state index contributed by atoms with van der Waals surface area (Å²) in [6, 6.07) is 5.49. The van der Waals surface area contributed by atoms with Crippen molar-refractivity contribution in [1.82, 2.24) is 10.2 Å². The lowest BCUT2D eigenvalue weighted by Crippen LogP contribution is -2.58. The first-order valence-corrected chi connectivity index (χ1v) is 9.52. The molecule has 1 N–H and O–H groups in total. The zero-order valence-corrected chi connectivity index (χ0v) is 14.8. The molecule has 2 heterocycles. The molecule has 4 fully saturated rings. The van der Waals surface area contributed by atoms with Crippen LogP contribution in [0.3, 0.4) is 0 Å². The summed E-state index contributed by atoms with van der Waals surface area (Å²) in [6.07, 6.45) is 1.71. The molecule has 2 saturated carbocycles. The number of halogens is 1. The number of hydrogen-bond donors (Lipinski definition) is 1. The molecule has 2 amide bonds. The van der Waals surface area contributed by atoms with E-state index in [0.717, 1.165) is 18.7 Å². The quantitative estimate of drug-likeness (QED) is 0.903. The van der Waals surface area contributed by atoms with Crippen LogP contribution in [0.2, 0.25) is 0 Å². The molecule has 0 unspecified atom stereocenters. The molecule has 2 aliphatic heterocycles. The third-order valence-electron chi connectivity index (χ3n) is 6.81. The smallest absolute Gasteiger partial charge is 0.407 e. The first-order chi connectivity index (χ1) is 12.5. The maximum absolute atomic E-state index is 13.7. The number of fused-ring (bicyclic) bond motifs is 1. The normalized spacial score (nSPS) is 37.2.